The van der Waals surface area contributed by atoms with Crippen LogP contribution in [0.5, 0.6) is 0 Å². The molecule has 0 aliphatic rings. The Bertz CT molecular complexity index is 349. The molecular weight excluding hydrogens is 214 g/mol. The van der Waals surface area contributed by atoms with Crippen LogP contribution >= 0.6 is 11.8 Å². The van der Waals surface area contributed by atoms with Crippen molar-refractivity contribution in [2.45, 2.75) is 11.6 Å². The molecular formula is C9H15N3O2S. The van der Waals surface area contributed by atoms with Gasteiger partial charge >= 0.3 is 5.97 Å². The predicted molar refractivity (Wildman–Crippen MR) is 59.6 cm³/mol. The van der Waals surface area contributed by atoms with Crippen LogP contribution in [0.25, 0.3) is 0 Å². The first-order valence-electron chi connectivity index (χ1n) is 4.55. The van der Waals surface area contributed by atoms with Crippen LogP contribution in [0.2, 0.25) is 0 Å². The highest BCUT2D eigenvalue weighted by Gasteiger charge is 2.15. The summed E-state index contributed by atoms with van der Waals surface area (Å²) < 4.78 is 0. The van der Waals surface area contributed by atoms with E-state index in [2.05, 4.69) is 9.97 Å². The van der Waals surface area contributed by atoms with Gasteiger partial charge in [-0.25, -0.2) is 9.78 Å². The van der Waals surface area contributed by atoms with Crippen molar-refractivity contribution in [3.8, 4) is 0 Å². The van der Waals surface area contributed by atoms with E-state index in [0.29, 0.717) is 17.3 Å². The van der Waals surface area contributed by atoms with Crippen LogP contribution in [-0.4, -0.2) is 52.8 Å². The fraction of sp³-hybridized carbons (Fsp3) is 0.556. The third-order valence-electron chi connectivity index (χ3n) is 1.96. The molecule has 0 unspecified atom stereocenters. The Hall–Kier alpha value is -1.01. The molecule has 1 aromatic heterocycles. The first kappa shape index (κ1) is 12.1. The van der Waals surface area contributed by atoms with Gasteiger partial charge in [-0.15, -0.1) is 0 Å². The highest BCUT2D eigenvalue weighted by Crippen LogP contribution is 2.14. The lowest BCUT2D eigenvalue weighted by molar-refractivity contribution is 0.0689. The lowest BCUT2D eigenvalue weighted by Gasteiger charge is -2.07. The van der Waals surface area contributed by atoms with E-state index in [-0.39, 0.29) is 5.69 Å². The molecule has 1 heterocycles. The number of H-pyrrole nitrogens is 1. The SMILES string of the molecule is CSc1nc(C(=O)O)c(CCN(C)C)[nH]1. The second-order valence-corrected chi connectivity index (χ2v) is 4.23. The number of imidazole rings is 1. The Morgan fingerprint density at radius 3 is 2.73 bits per heavy atom. The van der Waals surface area contributed by atoms with E-state index in [1.165, 1.54) is 11.8 Å². The molecule has 0 fully saturated rings. The monoisotopic (exact) mass is 229 g/mol. The number of carboxylic acid groups (broad SMARTS) is 1. The van der Waals surface area contributed by atoms with Gasteiger partial charge in [0.05, 0.1) is 5.69 Å². The highest BCUT2D eigenvalue weighted by atomic mass is 32.2. The molecule has 84 valence electrons. The number of hydrogen-bond acceptors (Lipinski definition) is 4. The van der Waals surface area contributed by atoms with Crippen LogP contribution in [0.4, 0.5) is 0 Å². The molecule has 6 heteroatoms. The Balaban J connectivity index is 2.84. The average Bonchev–Trinajstić information content (AvgIpc) is 2.57. The van der Waals surface area contributed by atoms with Crippen molar-refractivity contribution in [1.82, 2.24) is 14.9 Å². The number of rotatable bonds is 5. The minimum Gasteiger partial charge on any atom is -0.476 e. The van der Waals surface area contributed by atoms with Crippen LogP contribution in [0.3, 0.4) is 0 Å². The molecule has 0 saturated carbocycles. The van der Waals surface area contributed by atoms with Crippen LogP contribution in [0.1, 0.15) is 16.2 Å². The van der Waals surface area contributed by atoms with E-state index in [1.807, 2.05) is 25.3 Å². The molecule has 15 heavy (non-hydrogen) atoms. The molecule has 0 spiro atoms. The second kappa shape index (κ2) is 5.18. The number of likely N-dealkylation sites (N-methyl/N-ethyl adjacent to an activating group) is 1. The van der Waals surface area contributed by atoms with Crippen LogP contribution < -0.4 is 0 Å². The normalized spacial score (nSPS) is 10.9. The smallest absolute Gasteiger partial charge is 0.356 e. The van der Waals surface area contributed by atoms with E-state index < -0.39 is 5.97 Å². The number of hydrogen-bond donors (Lipinski definition) is 2. The van der Waals surface area contributed by atoms with Gasteiger partial charge in [-0.2, -0.15) is 0 Å². The van der Waals surface area contributed by atoms with Gasteiger partial charge in [-0.3, -0.25) is 0 Å². The fourth-order valence-corrected chi connectivity index (χ4v) is 1.58. The van der Waals surface area contributed by atoms with E-state index >= 15 is 0 Å². The lowest BCUT2D eigenvalue weighted by atomic mass is 10.2. The summed E-state index contributed by atoms with van der Waals surface area (Å²) in [6.07, 6.45) is 2.53. The molecule has 0 amide bonds. The van der Waals surface area contributed by atoms with Crippen molar-refractivity contribution < 1.29 is 9.90 Å². The highest BCUT2D eigenvalue weighted by molar-refractivity contribution is 7.98. The van der Waals surface area contributed by atoms with Gasteiger partial charge in [0.1, 0.15) is 0 Å². The number of aromatic amines is 1. The van der Waals surface area contributed by atoms with Crippen molar-refractivity contribution in [3.05, 3.63) is 11.4 Å². The number of aromatic nitrogens is 2. The molecule has 0 radical (unpaired) electrons. The summed E-state index contributed by atoms with van der Waals surface area (Å²) in [5, 5.41) is 9.59. The summed E-state index contributed by atoms with van der Waals surface area (Å²) >= 11 is 1.41. The maximum absolute atomic E-state index is 10.9. The van der Waals surface area contributed by atoms with E-state index in [9.17, 15) is 4.79 Å². The first-order valence-corrected chi connectivity index (χ1v) is 5.78. The van der Waals surface area contributed by atoms with Crippen LogP contribution in [-0.2, 0) is 6.42 Å². The quantitative estimate of drug-likeness (QED) is 0.735. The van der Waals surface area contributed by atoms with Crippen molar-refractivity contribution in [2.75, 3.05) is 26.9 Å². The molecule has 1 aromatic rings. The van der Waals surface area contributed by atoms with Gasteiger partial charge in [-0.1, -0.05) is 11.8 Å². The molecule has 0 aliphatic carbocycles. The summed E-state index contributed by atoms with van der Waals surface area (Å²) in [6.45, 7) is 0.802. The third-order valence-corrected chi connectivity index (χ3v) is 2.54. The van der Waals surface area contributed by atoms with Crippen molar-refractivity contribution in [2.24, 2.45) is 0 Å². The zero-order valence-corrected chi connectivity index (χ0v) is 9.89. The molecule has 0 bridgehead atoms. The van der Waals surface area contributed by atoms with Gasteiger partial charge in [0, 0.05) is 13.0 Å². The average molecular weight is 229 g/mol. The fourth-order valence-electron chi connectivity index (χ4n) is 1.18. The Morgan fingerprint density at radius 1 is 1.60 bits per heavy atom. The third kappa shape index (κ3) is 3.24. The molecule has 0 atom stereocenters. The number of nitrogens with one attached hydrogen (secondary N) is 1. The zero-order chi connectivity index (χ0) is 11.4. The van der Waals surface area contributed by atoms with Crippen molar-refractivity contribution in [3.63, 3.8) is 0 Å². The summed E-state index contributed by atoms with van der Waals surface area (Å²) in [5.74, 6) is -0.972. The zero-order valence-electron chi connectivity index (χ0n) is 9.07. The summed E-state index contributed by atoms with van der Waals surface area (Å²) in [7, 11) is 3.90. The summed E-state index contributed by atoms with van der Waals surface area (Å²) in [5.41, 5.74) is 0.835. The summed E-state index contributed by atoms with van der Waals surface area (Å²) in [4.78, 5) is 19.9. The van der Waals surface area contributed by atoms with E-state index in [4.69, 9.17) is 5.11 Å². The van der Waals surface area contributed by atoms with Crippen molar-refractivity contribution in [1.29, 1.82) is 0 Å². The Kier molecular flexibility index (Phi) is 4.16. The number of carboxylic acids is 1. The number of nitrogens with zero attached hydrogens (tertiary/aromatic N) is 2. The molecule has 5 nitrogen and oxygen atoms in total. The number of carbonyl (C=O) groups is 1. The van der Waals surface area contributed by atoms with E-state index in [1.54, 1.807) is 0 Å². The first-order chi connectivity index (χ1) is 7.04. The van der Waals surface area contributed by atoms with Gasteiger partial charge in [0.15, 0.2) is 10.9 Å². The van der Waals surface area contributed by atoms with Gasteiger partial charge < -0.3 is 15.0 Å². The Labute approximate surface area is 92.9 Å². The molecule has 1 rings (SSSR count). The molecule has 0 aliphatic heterocycles. The minimum absolute atomic E-state index is 0.140. The number of aromatic carboxylic acids is 1. The summed E-state index contributed by atoms with van der Waals surface area (Å²) in [6, 6.07) is 0. The molecule has 2 N–H and O–H groups in total. The van der Waals surface area contributed by atoms with Gasteiger partial charge in [0.25, 0.3) is 0 Å². The number of thioether (sulfide) groups is 1. The van der Waals surface area contributed by atoms with Crippen LogP contribution in [0, 0.1) is 0 Å². The predicted octanol–water partition coefficient (Wildman–Crippen LogP) is 0.934. The van der Waals surface area contributed by atoms with Crippen LogP contribution in [0.15, 0.2) is 5.16 Å². The lowest BCUT2D eigenvalue weighted by Crippen LogP contribution is -2.16. The maximum Gasteiger partial charge on any atom is 0.356 e. The van der Waals surface area contributed by atoms with Crippen molar-refractivity contribution >= 4 is 17.7 Å². The maximum atomic E-state index is 10.9. The van der Waals surface area contributed by atoms with E-state index in [0.717, 1.165) is 6.54 Å². The minimum atomic E-state index is -0.972. The standard InChI is InChI=1S/C9H15N3O2S/c1-12(2)5-4-6-7(8(13)14)11-9(10-6)15-3/h4-5H2,1-3H3,(H,10,11)(H,13,14). The van der Waals surface area contributed by atoms with Gasteiger partial charge in [-0.05, 0) is 20.4 Å². The largest absolute Gasteiger partial charge is 0.476 e. The molecule has 0 aromatic carbocycles. The Morgan fingerprint density at radius 2 is 2.27 bits per heavy atom. The molecule has 0 saturated heterocycles. The second-order valence-electron chi connectivity index (χ2n) is 3.43. The topological polar surface area (TPSA) is 69.2 Å². The van der Waals surface area contributed by atoms with Gasteiger partial charge in [0.2, 0.25) is 0 Å².